The maximum Gasteiger partial charge on any atom is 0.346 e. The first kappa shape index (κ1) is 13.6. The second-order valence-corrected chi connectivity index (χ2v) is 5.08. The summed E-state index contributed by atoms with van der Waals surface area (Å²) in [5.74, 6) is 0.912. The smallest absolute Gasteiger partial charge is 0.346 e. The predicted octanol–water partition coefficient (Wildman–Crippen LogP) is 3.13. The molecule has 4 nitrogen and oxygen atoms in total. The number of epoxide rings is 1. The van der Waals surface area contributed by atoms with E-state index in [1.54, 1.807) is 26.2 Å². The minimum absolute atomic E-state index is 0.278. The molecule has 0 N–H and O–H groups in total. The molecular weight excluding hydrogens is 268 g/mol. The van der Waals surface area contributed by atoms with E-state index >= 15 is 0 Å². The number of hydrogen-bond acceptors (Lipinski definition) is 4. The van der Waals surface area contributed by atoms with Gasteiger partial charge in [0.05, 0.1) is 7.11 Å². The molecule has 0 radical (unpaired) electrons. The fourth-order valence-corrected chi connectivity index (χ4v) is 2.23. The van der Waals surface area contributed by atoms with Crippen molar-refractivity contribution in [2.75, 3.05) is 7.11 Å². The molecule has 1 fully saturated rings. The highest BCUT2D eigenvalue weighted by Gasteiger charge is 2.60. The summed E-state index contributed by atoms with van der Waals surface area (Å²) in [5, 5.41) is 0. The van der Waals surface area contributed by atoms with Gasteiger partial charge in [0.15, 0.2) is 5.60 Å². The molecule has 1 aliphatic rings. The van der Waals surface area contributed by atoms with Gasteiger partial charge in [-0.3, -0.25) is 0 Å². The van der Waals surface area contributed by atoms with Gasteiger partial charge in [-0.15, -0.1) is 0 Å². The van der Waals surface area contributed by atoms with Crippen molar-refractivity contribution in [3.63, 3.8) is 0 Å². The monoisotopic (exact) mass is 284 g/mol. The normalized spacial score (nSPS) is 23.4. The number of methoxy groups -OCH3 is 1. The highest BCUT2D eigenvalue weighted by Crippen LogP contribution is 2.50. The average Bonchev–Trinajstić information content (AvgIpc) is 3.22. The number of ether oxygens (including phenoxy) is 3. The third-order valence-electron chi connectivity index (χ3n) is 3.58. The maximum atomic E-state index is 12.2. The summed E-state index contributed by atoms with van der Waals surface area (Å²) in [6, 6.07) is 16.5. The Balaban J connectivity index is 1.70. The molecule has 0 saturated carbocycles. The molecule has 1 aliphatic heterocycles. The van der Waals surface area contributed by atoms with Crippen LogP contribution in [0.5, 0.6) is 11.5 Å². The lowest BCUT2D eigenvalue weighted by molar-refractivity contribution is -0.139. The molecule has 21 heavy (non-hydrogen) atoms. The minimum atomic E-state index is -0.926. The van der Waals surface area contributed by atoms with Gasteiger partial charge in [-0.05, 0) is 36.8 Å². The molecule has 0 bridgehead atoms. The van der Waals surface area contributed by atoms with E-state index in [1.165, 1.54) is 0 Å². The van der Waals surface area contributed by atoms with Gasteiger partial charge in [0.2, 0.25) is 0 Å². The van der Waals surface area contributed by atoms with Crippen molar-refractivity contribution in [3.05, 3.63) is 60.2 Å². The van der Waals surface area contributed by atoms with Crippen molar-refractivity contribution in [1.82, 2.24) is 0 Å². The fraction of sp³-hybridized carbons (Fsp3) is 0.235. The average molecular weight is 284 g/mol. The van der Waals surface area contributed by atoms with Crippen LogP contribution < -0.4 is 9.47 Å². The highest BCUT2D eigenvalue weighted by atomic mass is 16.7. The van der Waals surface area contributed by atoms with Crippen molar-refractivity contribution in [2.24, 2.45) is 0 Å². The Morgan fingerprint density at radius 1 is 1.05 bits per heavy atom. The van der Waals surface area contributed by atoms with Crippen LogP contribution >= 0.6 is 0 Å². The van der Waals surface area contributed by atoms with Gasteiger partial charge >= 0.3 is 5.97 Å². The summed E-state index contributed by atoms with van der Waals surface area (Å²) in [6.45, 7) is 1.74. The van der Waals surface area contributed by atoms with Crippen LogP contribution in [0.25, 0.3) is 0 Å². The first-order valence-corrected chi connectivity index (χ1v) is 6.72. The molecule has 1 heterocycles. The molecule has 1 saturated heterocycles. The first-order valence-electron chi connectivity index (χ1n) is 6.72. The molecule has 0 spiro atoms. The molecule has 2 atom stereocenters. The summed E-state index contributed by atoms with van der Waals surface area (Å²) in [7, 11) is 1.62. The van der Waals surface area contributed by atoms with Gasteiger partial charge in [-0.25, -0.2) is 4.79 Å². The number of hydrogen-bond donors (Lipinski definition) is 0. The molecule has 0 aromatic heterocycles. The third kappa shape index (κ3) is 2.62. The summed E-state index contributed by atoms with van der Waals surface area (Å²) in [4.78, 5) is 12.2. The lowest BCUT2D eigenvalue weighted by atomic mass is 10.0. The Morgan fingerprint density at radius 2 is 1.71 bits per heavy atom. The number of para-hydroxylation sites is 1. The van der Waals surface area contributed by atoms with Crippen molar-refractivity contribution in [2.45, 2.75) is 18.6 Å². The Kier molecular flexibility index (Phi) is 3.39. The van der Waals surface area contributed by atoms with Crippen LogP contribution in [0.4, 0.5) is 0 Å². The van der Waals surface area contributed by atoms with Gasteiger partial charge in [-0.2, -0.15) is 0 Å². The van der Waals surface area contributed by atoms with Gasteiger partial charge in [0, 0.05) is 0 Å². The second kappa shape index (κ2) is 5.22. The number of carbonyl (C=O) groups is 1. The van der Waals surface area contributed by atoms with E-state index in [4.69, 9.17) is 14.2 Å². The Bertz CT molecular complexity index is 636. The van der Waals surface area contributed by atoms with E-state index in [0.717, 1.165) is 11.3 Å². The van der Waals surface area contributed by atoms with Crippen LogP contribution in [0.3, 0.4) is 0 Å². The SMILES string of the molecule is COc1ccc(C2OC2(C)C(=O)Oc2ccccc2)cc1. The van der Waals surface area contributed by atoms with Crippen LogP contribution in [-0.4, -0.2) is 18.7 Å². The lowest BCUT2D eigenvalue weighted by Crippen LogP contribution is -2.26. The van der Waals surface area contributed by atoms with Crippen LogP contribution in [0.1, 0.15) is 18.6 Å². The van der Waals surface area contributed by atoms with Crippen molar-refractivity contribution in [1.29, 1.82) is 0 Å². The van der Waals surface area contributed by atoms with E-state index in [9.17, 15) is 4.79 Å². The van der Waals surface area contributed by atoms with E-state index < -0.39 is 5.60 Å². The lowest BCUT2D eigenvalue weighted by Gasteiger charge is -2.07. The maximum absolute atomic E-state index is 12.2. The van der Waals surface area contributed by atoms with Crippen LogP contribution in [0.15, 0.2) is 54.6 Å². The highest BCUT2D eigenvalue weighted by molar-refractivity contribution is 5.85. The van der Waals surface area contributed by atoms with Crippen molar-refractivity contribution >= 4 is 5.97 Å². The van der Waals surface area contributed by atoms with Gasteiger partial charge < -0.3 is 14.2 Å². The number of esters is 1. The zero-order valence-corrected chi connectivity index (χ0v) is 11.9. The fourth-order valence-electron chi connectivity index (χ4n) is 2.23. The Hall–Kier alpha value is -2.33. The molecule has 4 heteroatoms. The van der Waals surface area contributed by atoms with E-state index in [2.05, 4.69) is 0 Å². The van der Waals surface area contributed by atoms with Gasteiger partial charge in [-0.1, -0.05) is 30.3 Å². The topological polar surface area (TPSA) is 48.1 Å². The zero-order valence-electron chi connectivity index (χ0n) is 11.9. The standard InChI is InChI=1S/C17H16O4/c1-17(16(18)20-14-6-4-3-5-7-14)15(21-17)12-8-10-13(19-2)11-9-12/h3-11,15H,1-2H3. The van der Waals surface area contributed by atoms with Crippen LogP contribution in [0, 0.1) is 0 Å². The minimum Gasteiger partial charge on any atom is -0.497 e. The molecule has 108 valence electrons. The predicted molar refractivity (Wildman–Crippen MR) is 77.3 cm³/mol. The molecule has 2 unspecified atom stereocenters. The van der Waals surface area contributed by atoms with E-state index in [0.29, 0.717) is 5.75 Å². The van der Waals surface area contributed by atoms with Gasteiger partial charge in [0.1, 0.15) is 17.6 Å². The van der Waals surface area contributed by atoms with E-state index in [1.807, 2.05) is 42.5 Å². The summed E-state index contributed by atoms with van der Waals surface area (Å²) in [5.41, 5.74) is 0.00746. The molecule has 3 rings (SSSR count). The van der Waals surface area contributed by atoms with Crippen LogP contribution in [0.2, 0.25) is 0 Å². The molecule has 0 amide bonds. The number of benzene rings is 2. The summed E-state index contributed by atoms with van der Waals surface area (Å²) < 4.78 is 16.0. The summed E-state index contributed by atoms with van der Waals surface area (Å²) >= 11 is 0. The van der Waals surface area contributed by atoms with Crippen molar-refractivity contribution in [3.8, 4) is 11.5 Å². The second-order valence-electron chi connectivity index (χ2n) is 5.08. The van der Waals surface area contributed by atoms with Crippen molar-refractivity contribution < 1.29 is 19.0 Å². The third-order valence-corrected chi connectivity index (χ3v) is 3.58. The Morgan fingerprint density at radius 3 is 2.33 bits per heavy atom. The molecule has 2 aromatic rings. The molecule has 0 aliphatic carbocycles. The molecule has 2 aromatic carbocycles. The van der Waals surface area contributed by atoms with E-state index in [-0.39, 0.29) is 12.1 Å². The Labute approximate surface area is 123 Å². The number of carbonyl (C=O) groups excluding carboxylic acids is 1. The van der Waals surface area contributed by atoms with Gasteiger partial charge in [0.25, 0.3) is 0 Å². The zero-order chi connectivity index (χ0) is 14.9. The summed E-state index contributed by atoms with van der Waals surface area (Å²) in [6.07, 6.45) is -0.278. The first-order chi connectivity index (χ1) is 10.1. The van der Waals surface area contributed by atoms with Crippen LogP contribution in [-0.2, 0) is 9.53 Å². The molecular formula is C17H16O4. The number of rotatable bonds is 4. The quantitative estimate of drug-likeness (QED) is 0.491. The largest absolute Gasteiger partial charge is 0.497 e.